The summed E-state index contributed by atoms with van der Waals surface area (Å²) in [6, 6.07) is 16.2. The molecule has 0 fully saturated rings. The largest absolute Gasteiger partial charge is 0.497 e. The molecule has 0 saturated heterocycles. The topological polar surface area (TPSA) is 55.0 Å². The highest BCUT2D eigenvalue weighted by Gasteiger charge is 2.05. The van der Waals surface area contributed by atoms with Gasteiger partial charge in [0.25, 0.3) is 5.56 Å². The van der Waals surface area contributed by atoms with E-state index in [0.29, 0.717) is 17.1 Å². The molecule has 0 unspecified atom stereocenters. The summed E-state index contributed by atoms with van der Waals surface area (Å²) in [5, 5.41) is 0.638. The minimum Gasteiger partial charge on any atom is -0.497 e. The zero-order chi connectivity index (χ0) is 16.9. The van der Waals surface area contributed by atoms with Crippen molar-refractivity contribution < 1.29 is 4.74 Å². The van der Waals surface area contributed by atoms with Crippen molar-refractivity contribution in [2.24, 2.45) is 0 Å². The molecule has 24 heavy (non-hydrogen) atoms. The Bertz CT molecular complexity index is 871. The van der Waals surface area contributed by atoms with Crippen molar-refractivity contribution >= 4 is 11.8 Å². The van der Waals surface area contributed by atoms with Gasteiger partial charge in [-0.15, -0.1) is 0 Å². The molecular weight excluding hydrogens is 320 g/mol. The van der Waals surface area contributed by atoms with Crippen molar-refractivity contribution in [2.45, 2.75) is 11.6 Å². The molecular formula is C19H18N2O2S. The number of ether oxygens (including phenoxy) is 1. The molecule has 0 atom stereocenters. The minimum atomic E-state index is -0.0754. The van der Waals surface area contributed by atoms with Crippen molar-refractivity contribution in [2.75, 3.05) is 13.4 Å². The predicted octanol–water partition coefficient (Wildman–Crippen LogP) is 3.76. The predicted molar refractivity (Wildman–Crippen MR) is 97.9 cm³/mol. The van der Waals surface area contributed by atoms with Crippen LogP contribution in [0.5, 0.6) is 5.75 Å². The zero-order valence-electron chi connectivity index (χ0n) is 13.6. The quantitative estimate of drug-likeness (QED) is 0.568. The molecule has 0 aliphatic rings. The molecule has 0 spiro atoms. The van der Waals surface area contributed by atoms with Gasteiger partial charge in [0.2, 0.25) is 0 Å². The van der Waals surface area contributed by atoms with E-state index in [0.717, 1.165) is 22.4 Å². The van der Waals surface area contributed by atoms with Gasteiger partial charge in [-0.05, 0) is 35.1 Å². The molecule has 0 saturated carbocycles. The highest BCUT2D eigenvalue weighted by atomic mass is 32.2. The smallest absolute Gasteiger partial charge is 0.255 e. The maximum atomic E-state index is 12.0. The van der Waals surface area contributed by atoms with Gasteiger partial charge < -0.3 is 9.72 Å². The number of H-pyrrole nitrogens is 1. The highest BCUT2D eigenvalue weighted by Crippen LogP contribution is 2.23. The van der Waals surface area contributed by atoms with Crippen LogP contribution in [0.4, 0.5) is 0 Å². The number of nitrogens with one attached hydrogen (secondary N) is 1. The monoisotopic (exact) mass is 338 g/mol. The lowest BCUT2D eigenvalue weighted by molar-refractivity contribution is 0.415. The number of methoxy groups -OCH3 is 1. The van der Waals surface area contributed by atoms with Crippen LogP contribution < -0.4 is 10.3 Å². The Labute approximate surface area is 144 Å². The zero-order valence-corrected chi connectivity index (χ0v) is 14.4. The number of nitrogens with zero attached hydrogens (tertiary/aromatic N) is 1. The van der Waals surface area contributed by atoms with Crippen molar-refractivity contribution in [1.82, 2.24) is 9.97 Å². The SMILES string of the molecule is COc1ccc(-c2ccc(Cc3cnc(SC)[nH]c3=O)cc2)cc1. The maximum Gasteiger partial charge on any atom is 0.255 e. The van der Waals surface area contributed by atoms with E-state index in [-0.39, 0.29) is 5.56 Å². The molecule has 122 valence electrons. The van der Waals surface area contributed by atoms with E-state index in [1.54, 1.807) is 13.3 Å². The summed E-state index contributed by atoms with van der Waals surface area (Å²) in [4.78, 5) is 19.0. The Morgan fingerprint density at radius 2 is 1.67 bits per heavy atom. The lowest BCUT2D eigenvalue weighted by Crippen LogP contribution is -2.14. The summed E-state index contributed by atoms with van der Waals surface area (Å²) in [5.74, 6) is 0.843. The van der Waals surface area contributed by atoms with Crippen molar-refractivity contribution in [3.8, 4) is 16.9 Å². The molecule has 0 bridgehead atoms. The second-order valence-corrected chi connectivity index (χ2v) is 6.14. The van der Waals surface area contributed by atoms with E-state index >= 15 is 0 Å². The first-order chi connectivity index (χ1) is 11.7. The molecule has 4 nitrogen and oxygen atoms in total. The number of hydrogen-bond acceptors (Lipinski definition) is 4. The molecule has 0 aliphatic heterocycles. The van der Waals surface area contributed by atoms with E-state index in [1.165, 1.54) is 11.8 Å². The average molecular weight is 338 g/mol. The van der Waals surface area contributed by atoms with Crippen LogP contribution in [0.2, 0.25) is 0 Å². The van der Waals surface area contributed by atoms with Gasteiger partial charge in [0.15, 0.2) is 5.16 Å². The molecule has 1 N–H and O–H groups in total. The number of aromatic nitrogens is 2. The average Bonchev–Trinajstić information content (AvgIpc) is 2.64. The van der Waals surface area contributed by atoms with Crippen molar-refractivity contribution in [3.05, 3.63) is 76.2 Å². The first-order valence-electron chi connectivity index (χ1n) is 7.55. The van der Waals surface area contributed by atoms with E-state index in [4.69, 9.17) is 4.74 Å². The highest BCUT2D eigenvalue weighted by molar-refractivity contribution is 7.98. The Balaban J connectivity index is 1.78. The lowest BCUT2D eigenvalue weighted by Gasteiger charge is -2.06. The van der Waals surface area contributed by atoms with Gasteiger partial charge in [0.05, 0.1) is 7.11 Å². The number of aromatic amines is 1. The number of rotatable bonds is 5. The Kier molecular flexibility index (Phi) is 5.01. The van der Waals surface area contributed by atoms with Gasteiger partial charge in [-0.2, -0.15) is 0 Å². The van der Waals surface area contributed by atoms with Crippen LogP contribution in [0.1, 0.15) is 11.1 Å². The summed E-state index contributed by atoms with van der Waals surface area (Å²) in [7, 11) is 1.66. The molecule has 0 aliphatic carbocycles. The van der Waals surface area contributed by atoms with Crippen LogP contribution in [0.3, 0.4) is 0 Å². The minimum absolute atomic E-state index is 0.0754. The third-order valence-electron chi connectivity index (χ3n) is 3.81. The second kappa shape index (κ2) is 7.36. The van der Waals surface area contributed by atoms with E-state index in [9.17, 15) is 4.79 Å². The van der Waals surface area contributed by atoms with E-state index < -0.39 is 0 Å². The molecule has 1 aromatic heterocycles. The Morgan fingerprint density at radius 3 is 2.21 bits per heavy atom. The van der Waals surface area contributed by atoms with Crippen LogP contribution in [0.25, 0.3) is 11.1 Å². The Hall–Kier alpha value is -2.53. The summed E-state index contributed by atoms with van der Waals surface area (Å²) in [5.41, 5.74) is 3.94. The van der Waals surface area contributed by atoms with Crippen molar-refractivity contribution in [3.63, 3.8) is 0 Å². The van der Waals surface area contributed by atoms with Gasteiger partial charge >= 0.3 is 0 Å². The summed E-state index contributed by atoms with van der Waals surface area (Å²) in [6.45, 7) is 0. The van der Waals surface area contributed by atoms with E-state index in [1.807, 2.05) is 42.7 Å². The normalized spacial score (nSPS) is 10.6. The molecule has 2 aromatic carbocycles. The summed E-state index contributed by atoms with van der Waals surface area (Å²) >= 11 is 1.42. The van der Waals surface area contributed by atoms with Crippen LogP contribution >= 0.6 is 11.8 Å². The maximum absolute atomic E-state index is 12.0. The molecule has 0 radical (unpaired) electrons. The second-order valence-electron chi connectivity index (χ2n) is 5.35. The first-order valence-corrected chi connectivity index (χ1v) is 8.77. The summed E-state index contributed by atoms with van der Waals surface area (Å²) in [6.07, 6.45) is 4.11. The summed E-state index contributed by atoms with van der Waals surface area (Å²) < 4.78 is 5.18. The van der Waals surface area contributed by atoms with Gasteiger partial charge in [-0.1, -0.05) is 48.2 Å². The van der Waals surface area contributed by atoms with Crippen LogP contribution in [0, 0.1) is 0 Å². The fraction of sp³-hybridized carbons (Fsp3) is 0.158. The Morgan fingerprint density at radius 1 is 1.04 bits per heavy atom. The lowest BCUT2D eigenvalue weighted by atomic mass is 10.0. The fourth-order valence-electron chi connectivity index (χ4n) is 2.45. The van der Waals surface area contributed by atoms with Gasteiger partial charge in [0.1, 0.15) is 5.75 Å². The van der Waals surface area contributed by atoms with E-state index in [2.05, 4.69) is 22.1 Å². The fourth-order valence-corrected chi connectivity index (χ4v) is 2.81. The third kappa shape index (κ3) is 3.68. The first kappa shape index (κ1) is 16.3. The van der Waals surface area contributed by atoms with Gasteiger partial charge in [0, 0.05) is 18.2 Å². The standard InChI is InChI=1S/C19H18N2O2S/c1-23-17-9-7-15(8-10-17)14-5-3-13(4-6-14)11-16-12-20-19(24-2)21-18(16)22/h3-10,12H,11H2,1-2H3,(H,20,21,22). The van der Waals surface area contributed by atoms with Crippen molar-refractivity contribution in [1.29, 1.82) is 0 Å². The van der Waals surface area contributed by atoms with Crippen LogP contribution in [-0.2, 0) is 6.42 Å². The number of benzene rings is 2. The molecule has 1 heterocycles. The van der Waals surface area contributed by atoms with Gasteiger partial charge in [-0.3, -0.25) is 4.79 Å². The van der Waals surface area contributed by atoms with Crippen LogP contribution in [-0.4, -0.2) is 23.3 Å². The van der Waals surface area contributed by atoms with Gasteiger partial charge in [-0.25, -0.2) is 4.98 Å². The van der Waals surface area contributed by atoms with Crippen LogP contribution in [0.15, 0.2) is 64.7 Å². The molecule has 0 amide bonds. The number of hydrogen-bond donors (Lipinski definition) is 1. The third-order valence-corrected chi connectivity index (χ3v) is 4.41. The number of thioether (sulfide) groups is 1. The molecule has 3 rings (SSSR count). The molecule has 5 heteroatoms. The molecule has 3 aromatic rings.